The molecule has 0 aromatic heterocycles. The molecule has 27 heavy (non-hydrogen) atoms. The summed E-state index contributed by atoms with van der Waals surface area (Å²) >= 11 is 0. The summed E-state index contributed by atoms with van der Waals surface area (Å²) in [6, 6.07) is 6.60. The highest BCUT2D eigenvalue weighted by Gasteiger charge is 2.49. The van der Waals surface area contributed by atoms with Gasteiger partial charge >= 0.3 is 12.0 Å². The highest BCUT2D eigenvalue weighted by molar-refractivity contribution is 6.09. The molecule has 3 N–H and O–H groups in total. The molecule has 1 aliphatic rings. The third-order valence-corrected chi connectivity index (χ3v) is 4.65. The molecule has 0 spiro atoms. The number of carbonyl (C=O) groups is 4. The smallest absolute Gasteiger partial charge is 0.325 e. The van der Waals surface area contributed by atoms with Gasteiger partial charge in [-0.3, -0.25) is 19.3 Å². The Balaban J connectivity index is 2.07. The molecule has 0 saturated carbocycles. The normalized spacial score (nSPS) is 19.8. The van der Waals surface area contributed by atoms with E-state index in [0.717, 1.165) is 10.5 Å². The summed E-state index contributed by atoms with van der Waals surface area (Å²) in [4.78, 5) is 49.0. The zero-order valence-corrected chi connectivity index (χ0v) is 16.0. The first-order valence-electron chi connectivity index (χ1n) is 8.69. The average molecular weight is 375 g/mol. The van der Waals surface area contributed by atoms with Crippen LogP contribution in [-0.4, -0.2) is 45.9 Å². The van der Waals surface area contributed by atoms with Gasteiger partial charge in [0.15, 0.2) is 0 Å². The third-order valence-electron chi connectivity index (χ3n) is 4.65. The number of imide groups is 1. The zero-order valence-electron chi connectivity index (χ0n) is 16.0. The molecule has 1 heterocycles. The van der Waals surface area contributed by atoms with Crippen LogP contribution in [0.15, 0.2) is 24.3 Å². The quantitative estimate of drug-likeness (QED) is 0.625. The van der Waals surface area contributed by atoms with E-state index >= 15 is 0 Å². The Labute approximate surface area is 157 Å². The highest BCUT2D eigenvalue weighted by atomic mass is 16.4. The number of hydrogen-bond donors (Lipinski definition) is 3. The molecule has 1 aliphatic heterocycles. The minimum atomic E-state index is -1.23. The number of benzene rings is 1. The van der Waals surface area contributed by atoms with Crippen LogP contribution in [0.25, 0.3) is 0 Å². The number of hydrogen-bond acceptors (Lipinski definition) is 4. The van der Waals surface area contributed by atoms with Crippen LogP contribution in [0.3, 0.4) is 0 Å². The van der Waals surface area contributed by atoms with Crippen LogP contribution in [0.4, 0.5) is 4.79 Å². The van der Waals surface area contributed by atoms with E-state index < -0.39 is 41.4 Å². The van der Waals surface area contributed by atoms with E-state index in [0.29, 0.717) is 5.56 Å². The lowest BCUT2D eigenvalue weighted by molar-refractivity contribution is -0.138. The first-order valence-corrected chi connectivity index (χ1v) is 8.69. The number of aryl methyl sites for hydroxylation is 1. The number of urea groups is 1. The second kappa shape index (κ2) is 7.38. The molecule has 1 saturated heterocycles. The van der Waals surface area contributed by atoms with Crippen molar-refractivity contribution in [3.05, 3.63) is 35.4 Å². The Bertz CT molecular complexity index is 772. The summed E-state index contributed by atoms with van der Waals surface area (Å²) < 4.78 is 0. The van der Waals surface area contributed by atoms with E-state index in [-0.39, 0.29) is 12.8 Å². The number of nitrogens with zero attached hydrogens (tertiary/aromatic N) is 1. The van der Waals surface area contributed by atoms with Crippen molar-refractivity contribution < 1.29 is 24.3 Å². The van der Waals surface area contributed by atoms with Gasteiger partial charge in [-0.2, -0.15) is 0 Å². The lowest BCUT2D eigenvalue weighted by Crippen LogP contribution is -2.49. The Hall–Kier alpha value is -2.90. The van der Waals surface area contributed by atoms with Crippen molar-refractivity contribution in [3.8, 4) is 0 Å². The second-order valence-electron chi connectivity index (χ2n) is 7.64. The summed E-state index contributed by atoms with van der Waals surface area (Å²) in [6.07, 6.45) is 0.136. The van der Waals surface area contributed by atoms with Gasteiger partial charge in [0.25, 0.3) is 5.91 Å². The molecular formula is C19H25N3O5. The van der Waals surface area contributed by atoms with E-state index in [1.807, 2.05) is 19.1 Å². The molecule has 0 aliphatic carbocycles. The summed E-state index contributed by atoms with van der Waals surface area (Å²) in [6.45, 7) is 6.48. The maximum absolute atomic E-state index is 12.8. The zero-order chi connectivity index (χ0) is 20.4. The summed E-state index contributed by atoms with van der Waals surface area (Å²) in [7, 11) is 0. The molecule has 146 valence electrons. The van der Waals surface area contributed by atoms with Crippen LogP contribution >= 0.6 is 0 Å². The van der Waals surface area contributed by atoms with Crippen molar-refractivity contribution in [1.29, 1.82) is 0 Å². The fraction of sp³-hybridized carbons (Fsp3) is 0.474. The van der Waals surface area contributed by atoms with Crippen molar-refractivity contribution in [3.63, 3.8) is 0 Å². The molecular weight excluding hydrogens is 350 g/mol. The van der Waals surface area contributed by atoms with Gasteiger partial charge in [0, 0.05) is 12.0 Å². The molecule has 1 aromatic rings. The van der Waals surface area contributed by atoms with Crippen LogP contribution in [0.2, 0.25) is 0 Å². The van der Waals surface area contributed by atoms with Crippen molar-refractivity contribution in [2.75, 3.05) is 6.54 Å². The van der Waals surface area contributed by atoms with Crippen molar-refractivity contribution >= 4 is 23.8 Å². The Morgan fingerprint density at radius 3 is 2.37 bits per heavy atom. The largest absolute Gasteiger partial charge is 0.481 e. The number of amides is 4. The van der Waals surface area contributed by atoms with Gasteiger partial charge in [-0.15, -0.1) is 0 Å². The van der Waals surface area contributed by atoms with Crippen molar-refractivity contribution in [2.45, 2.75) is 51.6 Å². The van der Waals surface area contributed by atoms with Crippen LogP contribution in [-0.2, 0) is 19.9 Å². The summed E-state index contributed by atoms with van der Waals surface area (Å²) in [5.41, 5.74) is -0.339. The Kier molecular flexibility index (Phi) is 5.58. The fourth-order valence-electron chi connectivity index (χ4n) is 2.97. The summed E-state index contributed by atoms with van der Waals surface area (Å²) in [5.74, 6) is -1.99. The van der Waals surface area contributed by atoms with E-state index in [9.17, 15) is 19.2 Å². The number of carboxylic acids is 1. The number of carbonyl (C=O) groups excluding carboxylic acids is 3. The average Bonchev–Trinajstić information content (AvgIpc) is 2.77. The molecule has 1 aromatic carbocycles. The number of carboxylic acid groups (broad SMARTS) is 1. The highest BCUT2D eigenvalue weighted by Crippen LogP contribution is 2.28. The van der Waals surface area contributed by atoms with E-state index in [1.54, 1.807) is 32.9 Å². The molecule has 4 amide bonds. The molecule has 0 unspecified atom stereocenters. The van der Waals surface area contributed by atoms with E-state index in [4.69, 9.17) is 5.11 Å². The molecule has 8 nitrogen and oxygen atoms in total. The minimum Gasteiger partial charge on any atom is -0.481 e. The molecule has 1 fully saturated rings. The van der Waals surface area contributed by atoms with Gasteiger partial charge in [-0.05, 0) is 39.7 Å². The number of nitrogens with one attached hydrogen (secondary N) is 2. The maximum atomic E-state index is 12.8. The first-order chi connectivity index (χ1) is 12.4. The third kappa shape index (κ3) is 4.64. The van der Waals surface area contributed by atoms with Gasteiger partial charge in [0.05, 0.1) is 0 Å². The molecule has 0 radical (unpaired) electrons. The predicted molar refractivity (Wildman–Crippen MR) is 97.9 cm³/mol. The molecule has 0 bridgehead atoms. The SMILES string of the molecule is Cc1ccc([C@@]2(C)NC(=O)N(CC(=O)NC(C)(C)CCC(=O)O)C2=O)cc1. The maximum Gasteiger partial charge on any atom is 0.325 e. The number of aliphatic carboxylic acids is 1. The Morgan fingerprint density at radius 1 is 1.22 bits per heavy atom. The van der Waals surface area contributed by atoms with Crippen molar-refractivity contribution in [1.82, 2.24) is 15.5 Å². The Morgan fingerprint density at radius 2 is 1.81 bits per heavy atom. The van der Waals surface area contributed by atoms with Gasteiger partial charge < -0.3 is 15.7 Å². The monoisotopic (exact) mass is 375 g/mol. The van der Waals surface area contributed by atoms with Gasteiger partial charge in [0.1, 0.15) is 12.1 Å². The predicted octanol–water partition coefficient (Wildman–Crippen LogP) is 1.52. The summed E-state index contributed by atoms with van der Waals surface area (Å²) in [5, 5.41) is 14.1. The van der Waals surface area contributed by atoms with Gasteiger partial charge in [-0.25, -0.2) is 4.79 Å². The van der Waals surface area contributed by atoms with Gasteiger partial charge in [-0.1, -0.05) is 29.8 Å². The van der Waals surface area contributed by atoms with E-state index in [2.05, 4.69) is 10.6 Å². The van der Waals surface area contributed by atoms with Crippen LogP contribution in [0.1, 0.15) is 44.7 Å². The first kappa shape index (κ1) is 20.4. The van der Waals surface area contributed by atoms with Crippen molar-refractivity contribution in [2.24, 2.45) is 0 Å². The molecule has 1 atom stereocenters. The number of rotatable bonds is 7. The standard InChI is InChI=1S/C19H25N3O5/c1-12-5-7-13(8-6-12)19(4)16(26)22(17(27)21-19)11-14(23)20-18(2,3)10-9-15(24)25/h5-8H,9-11H2,1-4H3,(H,20,23)(H,21,27)(H,24,25)/t19-/m1/s1. The second-order valence-corrected chi connectivity index (χ2v) is 7.64. The topological polar surface area (TPSA) is 116 Å². The molecule has 2 rings (SSSR count). The lowest BCUT2D eigenvalue weighted by Gasteiger charge is -2.27. The van der Waals surface area contributed by atoms with Crippen LogP contribution in [0, 0.1) is 6.92 Å². The molecule has 8 heteroatoms. The fourth-order valence-corrected chi connectivity index (χ4v) is 2.97. The minimum absolute atomic E-state index is 0.0953. The van der Waals surface area contributed by atoms with Crippen LogP contribution in [0.5, 0.6) is 0 Å². The lowest BCUT2D eigenvalue weighted by atomic mass is 9.91. The van der Waals surface area contributed by atoms with Gasteiger partial charge in [0.2, 0.25) is 5.91 Å². The van der Waals surface area contributed by atoms with Crippen LogP contribution < -0.4 is 10.6 Å². The van der Waals surface area contributed by atoms with E-state index in [1.165, 1.54) is 0 Å².